The van der Waals surface area contributed by atoms with E-state index in [0.29, 0.717) is 6.54 Å². The summed E-state index contributed by atoms with van der Waals surface area (Å²) in [5, 5.41) is 21.4. The molecule has 61 valence electrons. The van der Waals surface area contributed by atoms with Gasteiger partial charge in [-0.2, -0.15) is 5.10 Å². The molecule has 0 aliphatic carbocycles. The second kappa shape index (κ2) is 3.50. The van der Waals surface area contributed by atoms with Crippen LogP contribution in [0.4, 0.5) is 0 Å². The van der Waals surface area contributed by atoms with Crippen LogP contribution in [0.3, 0.4) is 0 Å². The SMILES string of the molecule is Cc1c[c]nn1C[C@H](O)CO. The van der Waals surface area contributed by atoms with E-state index in [0.717, 1.165) is 5.69 Å². The van der Waals surface area contributed by atoms with Crippen molar-refractivity contribution in [2.24, 2.45) is 0 Å². The van der Waals surface area contributed by atoms with E-state index in [9.17, 15) is 0 Å². The van der Waals surface area contributed by atoms with Gasteiger partial charge in [0.2, 0.25) is 0 Å². The second-order valence-corrected chi connectivity index (χ2v) is 2.43. The van der Waals surface area contributed by atoms with E-state index in [1.165, 1.54) is 0 Å². The van der Waals surface area contributed by atoms with Crippen LogP contribution >= 0.6 is 0 Å². The standard InChI is InChI=1S/C7H11N2O2/c1-6-2-3-8-9(6)4-7(11)5-10/h2,7,10-11H,4-5H2,1H3/t7-/m0/s1. The van der Waals surface area contributed by atoms with Crippen LogP contribution in [-0.4, -0.2) is 32.7 Å². The molecule has 1 radical (unpaired) electrons. The summed E-state index contributed by atoms with van der Waals surface area (Å²) in [6, 6.07) is 1.73. The Morgan fingerprint density at radius 1 is 1.82 bits per heavy atom. The van der Waals surface area contributed by atoms with Crippen molar-refractivity contribution in [1.29, 1.82) is 0 Å². The lowest BCUT2D eigenvalue weighted by molar-refractivity contribution is 0.0777. The van der Waals surface area contributed by atoms with Crippen LogP contribution in [0.25, 0.3) is 0 Å². The lowest BCUT2D eigenvalue weighted by Gasteiger charge is -2.07. The molecule has 11 heavy (non-hydrogen) atoms. The van der Waals surface area contributed by atoms with Crippen LogP contribution < -0.4 is 0 Å². The average Bonchev–Trinajstić information content (AvgIpc) is 2.37. The lowest BCUT2D eigenvalue weighted by Crippen LogP contribution is -2.21. The quantitative estimate of drug-likeness (QED) is 0.609. The molecule has 0 bridgehead atoms. The smallest absolute Gasteiger partial charge is 0.113 e. The van der Waals surface area contributed by atoms with Gasteiger partial charge in [-0.3, -0.25) is 4.68 Å². The van der Waals surface area contributed by atoms with Gasteiger partial charge < -0.3 is 10.2 Å². The van der Waals surface area contributed by atoms with E-state index < -0.39 is 6.10 Å². The maximum Gasteiger partial charge on any atom is 0.113 e. The number of nitrogens with zero attached hydrogens (tertiary/aromatic N) is 2. The number of hydrogen-bond acceptors (Lipinski definition) is 3. The number of rotatable bonds is 3. The van der Waals surface area contributed by atoms with Crippen molar-refractivity contribution in [1.82, 2.24) is 9.78 Å². The molecule has 0 amide bonds. The van der Waals surface area contributed by atoms with Gasteiger partial charge >= 0.3 is 0 Å². The van der Waals surface area contributed by atoms with Crippen LogP contribution in [0.1, 0.15) is 5.69 Å². The zero-order valence-corrected chi connectivity index (χ0v) is 6.36. The van der Waals surface area contributed by atoms with Gasteiger partial charge in [0.25, 0.3) is 0 Å². The fraction of sp³-hybridized carbons (Fsp3) is 0.571. The minimum absolute atomic E-state index is 0.237. The first-order valence-electron chi connectivity index (χ1n) is 3.43. The summed E-state index contributed by atoms with van der Waals surface area (Å²) >= 11 is 0. The molecule has 1 aromatic rings. The number of aryl methyl sites for hydroxylation is 1. The van der Waals surface area contributed by atoms with Crippen LogP contribution in [-0.2, 0) is 6.54 Å². The third kappa shape index (κ3) is 2.03. The number of aromatic nitrogens is 2. The van der Waals surface area contributed by atoms with E-state index in [4.69, 9.17) is 10.2 Å². The minimum atomic E-state index is -0.734. The molecule has 0 unspecified atom stereocenters. The van der Waals surface area contributed by atoms with Crippen molar-refractivity contribution >= 4 is 0 Å². The highest BCUT2D eigenvalue weighted by Crippen LogP contribution is 1.96. The van der Waals surface area contributed by atoms with Crippen molar-refractivity contribution in [3.8, 4) is 0 Å². The van der Waals surface area contributed by atoms with Crippen molar-refractivity contribution in [3.05, 3.63) is 18.0 Å². The summed E-state index contributed by atoms with van der Waals surface area (Å²) in [4.78, 5) is 0. The monoisotopic (exact) mass is 155 g/mol. The minimum Gasteiger partial charge on any atom is -0.394 e. The summed E-state index contributed by atoms with van der Waals surface area (Å²) in [5.74, 6) is 0. The van der Waals surface area contributed by atoms with Gasteiger partial charge in [-0.1, -0.05) is 0 Å². The Hall–Kier alpha value is -0.870. The molecule has 1 aromatic heterocycles. The largest absolute Gasteiger partial charge is 0.394 e. The Balaban J connectivity index is 2.56. The third-order valence-corrected chi connectivity index (χ3v) is 1.45. The molecule has 2 N–H and O–H groups in total. The van der Waals surface area contributed by atoms with E-state index in [2.05, 4.69) is 11.3 Å². The zero-order chi connectivity index (χ0) is 8.27. The Morgan fingerprint density at radius 2 is 2.55 bits per heavy atom. The fourth-order valence-electron chi connectivity index (χ4n) is 0.788. The Kier molecular flexibility index (Phi) is 2.62. The van der Waals surface area contributed by atoms with Gasteiger partial charge in [0.15, 0.2) is 0 Å². The van der Waals surface area contributed by atoms with E-state index in [1.807, 2.05) is 6.92 Å². The number of hydrogen-bond donors (Lipinski definition) is 2. The number of aliphatic hydroxyl groups is 2. The van der Waals surface area contributed by atoms with Gasteiger partial charge in [-0.25, -0.2) is 0 Å². The van der Waals surface area contributed by atoms with Crippen LogP contribution in [0.2, 0.25) is 0 Å². The van der Waals surface area contributed by atoms with Crippen LogP contribution in [0.15, 0.2) is 6.07 Å². The van der Waals surface area contributed by atoms with E-state index in [1.54, 1.807) is 10.7 Å². The lowest BCUT2D eigenvalue weighted by atomic mass is 10.4. The highest BCUT2D eigenvalue weighted by molar-refractivity contribution is 4.95. The molecule has 1 rings (SSSR count). The first-order chi connectivity index (χ1) is 5.24. The molecule has 0 aromatic carbocycles. The van der Waals surface area contributed by atoms with Gasteiger partial charge in [0.1, 0.15) is 6.20 Å². The highest BCUT2D eigenvalue weighted by Gasteiger charge is 2.04. The highest BCUT2D eigenvalue weighted by atomic mass is 16.3. The molecule has 1 heterocycles. The summed E-state index contributed by atoms with van der Waals surface area (Å²) in [5.41, 5.74) is 0.928. The van der Waals surface area contributed by atoms with Gasteiger partial charge in [-0.15, -0.1) is 0 Å². The molecule has 4 heteroatoms. The predicted octanol–water partition coefficient (Wildman–Crippen LogP) is -0.655. The third-order valence-electron chi connectivity index (χ3n) is 1.45. The first-order valence-corrected chi connectivity index (χ1v) is 3.43. The molecule has 0 aliphatic heterocycles. The first kappa shape index (κ1) is 8.23. The molecular weight excluding hydrogens is 144 g/mol. The Morgan fingerprint density at radius 3 is 3.00 bits per heavy atom. The molecule has 1 atom stereocenters. The molecule has 0 spiro atoms. The van der Waals surface area contributed by atoms with Gasteiger partial charge in [-0.05, 0) is 13.0 Å². The maximum atomic E-state index is 9.03. The summed E-state index contributed by atoms with van der Waals surface area (Å²) in [7, 11) is 0. The molecule has 0 saturated heterocycles. The van der Waals surface area contributed by atoms with E-state index in [-0.39, 0.29) is 6.61 Å². The molecule has 0 fully saturated rings. The van der Waals surface area contributed by atoms with Crippen molar-refractivity contribution in [2.45, 2.75) is 19.6 Å². The molecular formula is C7H11N2O2. The van der Waals surface area contributed by atoms with Crippen LogP contribution in [0, 0.1) is 13.1 Å². The van der Waals surface area contributed by atoms with E-state index >= 15 is 0 Å². The zero-order valence-electron chi connectivity index (χ0n) is 6.36. The van der Waals surface area contributed by atoms with Crippen molar-refractivity contribution in [2.75, 3.05) is 6.61 Å². The Labute approximate surface area is 65.1 Å². The maximum absolute atomic E-state index is 9.03. The normalized spacial score (nSPS) is 13.4. The summed E-state index contributed by atoms with van der Waals surface area (Å²) in [6.07, 6.45) is 1.91. The van der Waals surface area contributed by atoms with Crippen molar-refractivity contribution < 1.29 is 10.2 Å². The summed E-state index contributed by atoms with van der Waals surface area (Å²) in [6.45, 7) is 1.96. The Bertz CT molecular complexity index is 222. The summed E-state index contributed by atoms with van der Waals surface area (Å²) < 4.78 is 1.60. The van der Waals surface area contributed by atoms with Gasteiger partial charge in [0.05, 0.1) is 19.3 Å². The molecule has 4 nitrogen and oxygen atoms in total. The predicted molar refractivity (Wildman–Crippen MR) is 38.9 cm³/mol. The van der Waals surface area contributed by atoms with Crippen molar-refractivity contribution in [3.63, 3.8) is 0 Å². The molecule has 0 aliphatic rings. The van der Waals surface area contributed by atoms with Crippen LogP contribution in [0.5, 0.6) is 0 Å². The topological polar surface area (TPSA) is 58.3 Å². The fourth-order valence-corrected chi connectivity index (χ4v) is 0.788. The second-order valence-electron chi connectivity index (χ2n) is 2.43. The number of aliphatic hydroxyl groups excluding tert-OH is 2. The average molecular weight is 155 g/mol. The molecule has 0 saturated carbocycles. The van der Waals surface area contributed by atoms with Gasteiger partial charge in [0, 0.05) is 5.69 Å².